The fourth-order valence-electron chi connectivity index (χ4n) is 1.98. The predicted molar refractivity (Wildman–Crippen MR) is 76.5 cm³/mol. The van der Waals surface area contributed by atoms with Gasteiger partial charge in [-0.15, -0.1) is 0 Å². The number of hydrogen-bond donors (Lipinski definition) is 0. The number of aromatic nitrogens is 1. The third kappa shape index (κ3) is 1.72. The summed E-state index contributed by atoms with van der Waals surface area (Å²) in [5.41, 5.74) is 3.76. The third-order valence-corrected chi connectivity index (χ3v) is 3.20. The van der Waals surface area contributed by atoms with E-state index in [0.717, 1.165) is 0 Å². The molecule has 0 amide bonds. The van der Waals surface area contributed by atoms with E-state index in [1.165, 1.54) is 22.2 Å². The fourth-order valence-corrected chi connectivity index (χ4v) is 2.43. The van der Waals surface area contributed by atoms with E-state index in [1.54, 1.807) is 0 Å². The first-order valence-electron chi connectivity index (χ1n) is 5.43. The Balaban J connectivity index is 2.85. The van der Waals surface area contributed by atoms with Crippen molar-refractivity contribution in [2.75, 3.05) is 0 Å². The Kier molecular flexibility index (Phi) is 3.26. The van der Waals surface area contributed by atoms with Crippen LogP contribution in [0.4, 0.5) is 0 Å². The Morgan fingerprint density at radius 3 is 2.44 bits per heavy atom. The van der Waals surface area contributed by atoms with Crippen molar-refractivity contribution in [1.82, 2.24) is 4.34 Å². The maximum atomic E-state index is 2.78. The van der Waals surface area contributed by atoms with Crippen molar-refractivity contribution in [3.63, 3.8) is 0 Å². The quantitative estimate of drug-likeness (QED) is 0.675. The van der Waals surface area contributed by atoms with Gasteiger partial charge in [-0.1, -0.05) is 36.4 Å². The highest BCUT2D eigenvalue weighted by molar-refractivity contribution is 7.15. The van der Waals surface area contributed by atoms with Gasteiger partial charge in [0, 0.05) is 10.9 Å². The maximum Gasteiger partial charge on any atom is 0.0521 e. The molecule has 0 radical (unpaired) electrons. The van der Waals surface area contributed by atoms with Crippen LogP contribution in [0.5, 0.6) is 0 Å². The molecule has 0 saturated heterocycles. The molecule has 2 heteroatoms. The lowest BCUT2D eigenvalue weighted by atomic mass is 10.1. The van der Waals surface area contributed by atoms with Crippen LogP contribution in [0.25, 0.3) is 23.1 Å². The van der Waals surface area contributed by atoms with Crippen LogP contribution in [-0.2, 0) is 0 Å². The van der Waals surface area contributed by atoms with Crippen molar-refractivity contribution in [3.8, 4) is 0 Å². The maximum absolute atomic E-state index is 2.78. The number of fused-ring (bicyclic) bond motifs is 1. The zero-order valence-electron chi connectivity index (χ0n) is 9.64. The van der Waals surface area contributed by atoms with Crippen LogP contribution in [0, 0.1) is 0 Å². The SMILES string of the molecule is C/C=C\c1c(/C=C\C)n(P)c2ccccc12. The van der Waals surface area contributed by atoms with Crippen LogP contribution >= 0.6 is 9.39 Å². The summed E-state index contributed by atoms with van der Waals surface area (Å²) in [6.45, 7) is 4.09. The standard InChI is InChI=1S/C14H16NP/c1-3-7-11-12-9-5-6-10-14(12)15(16)13(11)8-4-2/h3-10H,16H2,1-2H3/b7-3-,8-4-. The van der Waals surface area contributed by atoms with Gasteiger partial charge >= 0.3 is 0 Å². The molecule has 1 nitrogen and oxygen atoms in total. The molecule has 1 aromatic heterocycles. The van der Waals surface area contributed by atoms with E-state index < -0.39 is 0 Å². The van der Waals surface area contributed by atoms with E-state index >= 15 is 0 Å². The van der Waals surface area contributed by atoms with Gasteiger partial charge in [0.1, 0.15) is 0 Å². The molecule has 2 aromatic rings. The molecule has 0 spiro atoms. The molecule has 1 unspecified atom stereocenters. The van der Waals surface area contributed by atoms with Crippen molar-refractivity contribution in [1.29, 1.82) is 0 Å². The first kappa shape index (κ1) is 11.2. The van der Waals surface area contributed by atoms with Crippen LogP contribution in [0.2, 0.25) is 0 Å². The van der Waals surface area contributed by atoms with Crippen molar-refractivity contribution < 1.29 is 0 Å². The molecule has 0 bridgehead atoms. The lowest BCUT2D eigenvalue weighted by Crippen LogP contribution is -1.82. The molecule has 2 rings (SSSR count). The van der Waals surface area contributed by atoms with E-state index in [4.69, 9.17) is 0 Å². The van der Waals surface area contributed by atoms with Crippen molar-refractivity contribution in [3.05, 3.63) is 47.7 Å². The molecule has 82 valence electrons. The minimum absolute atomic E-state index is 1.23. The molecular weight excluding hydrogens is 213 g/mol. The average Bonchev–Trinajstić information content (AvgIpc) is 2.57. The molecule has 1 heterocycles. The minimum Gasteiger partial charge on any atom is -0.325 e. The van der Waals surface area contributed by atoms with Gasteiger partial charge in [-0.05, 0) is 35.4 Å². The summed E-state index contributed by atoms with van der Waals surface area (Å²) >= 11 is 0. The topological polar surface area (TPSA) is 4.93 Å². The van der Waals surface area contributed by atoms with E-state index in [2.05, 4.69) is 62.3 Å². The van der Waals surface area contributed by atoms with Gasteiger partial charge in [-0.3, -0.25) is 0 Å². The summed E-state index contributed by atoms with van der Waals surface area (Å²) in [6.07, 6.45) is 8.46. The molecule has 1 atom stereocenters. The zero-order chi connectivity index (χ0) is 11.5. The Labute approximate surface area is 98.7 Å². The highest BCUT2D eigenvalue weighted by atomic mass is 31.0. The zero-order valence-corrected chi connectivity index (χ0v) is 10.8. The third-order valence-electron chi connectivity index (χ3n) is 2.65. The van der Waals surface area contributed by atoms with Crippen LogP contribution < -0.4 is 0 Å². The van der Waals surface area contributed by atoms with Gasteiger partial charge in [-0.25, -0.2) is 0 Å². The van der Waals surface area contributed by atoms with E-state index in [9.17, 15) is 0 Å². The Morgan fingerprint density at radius 2 is 1.75 bits per heavy atom. The second-order valence-electron chi connectivity index (χ2n) is 3.69. The molecule has 0 saturated carbocycles. The number of nitrogens with zero attached hydrogens (tertiary/aromatic N) is 1. The van der Waals surface area contributed by atoms with E-state index in [1.807, 2.05) is 13.8 Å². The van der Waals surface area contributed by atoms with Gasteiger partial charge < -0.3 is 4.34 Å². The summed E-state index contributed by atoms with van der Waals surface area (Å²) < 4.78 is 2.16. The normalized spacial score (nSPS) is 12.2. The van der Waals surface area contributed by atoms with E-state index in [0.29, 0.717) is 0 Å². The second kappa shape index (κ2) is 4.67. The smallest absolute Gasteiger partial charge is 0.0521 e. The van der Waals surface area contributed by atoms with Gasteiger partial charge in [0.05, 0.1) is 11.2 Å². The number of hydrogen-bond acceptors (Lipinski definition) is 0. The first-order chi connectivity index (χ1) is 7.79. The number of allylic oxidation sites excluding steroid dienone is 2. The van der Waals surface area contributed by atoms with Gasteiger partial charge in [0.15, 0.2) is 0 Å². The predicted octanol–water partition coefficient (Wildman–Crippen LogP) is 4.35. The fraction of sp³-hybridized carbons (Fsp3) is 0.143. The first-order valence-corrected chi connectivity index (χ1v) is 5.95. The van der Waals surface area contributed by atoms with Gasteiger partial charge in [-0.2, -0.15) is 0 Å². The molecule has 0 aliphatic rings. The Morgan fingerprint density at radius 1 is 1.06 bits per heavy atom. The van der Waals surface area contributed by atoms with Crippen LogP contribution in [0.3, 0.4) is 0 Å². The monoisotopic (exact) mass is 229 g/mol. The molecule has 0 aliphatic carbocycles. The second-order valence-corrected chi connectivity index (χ2v) is 4.20. The summed E-state index contributed by atoms with van der Waals surface area (Å²) in [6, 6.07) is 8.46. The molecule has 1 aromatic carbocycles. The highest BCUT2D eigenvalue weighted by Gasteiger charge is 2.09. The van der Waals surface area contributed by atoms with E-state index in [-0.39, 0.29) is 0 Å². The molecule has 0 aliphatic heterocycles. The highest BCUT2D eigenvalue weighted by Crippen LogP contribution is 2.30. The lowest BCUT2D eigenvalue weighted by Gasteiger charge is -1.98. The number of rotatable bonds is 2. The summed E-state index contributed by atoms with van der Waals surface area (Å²) in [5.74, 6) is 0. The lowest BCUT2D eigenvalue weighted by molar-refractivity contribution is 1.31. The molecule has 16 heavy (non-hydrogen) atoms. The summed E-state index contributed by atoms with van der Waals surface area (Å²) in [4.78, 5) is 0. The summed E-state index contributed by atoms with van der Waals surface area (Å²) in [7, 11) is 2.78. The van der Waals surface area contributed by atoms with Crippen molar-refractivity contribution in [2.24, 2.45) is 0 Å². The van der Waals surface area contributed by atoms with Crippen molar-refractivity contribution >= 4 is 32.4 Å². The van der Waals surface area contributed by atoms with Crippen LogP contribution in [0.15, 0.2) is 36.4 Å². The molecular formula is C14H16NP. The molecule has 0 fully saturated rings. The Bertz CT molecular complexity index is 561. The average molecular weight is 229 g/mol. The largest absolute Gasteiger partial charge is 0.325 e. The number of benzene rings is 1. The number of para-hydroxylation sites is 1. The Hall–Kier alpha value is -1.33. The van der Waals surface area contributed by atoms with Crippen molar-refractivity contribution in [2.45, 2.75) is 13.8 Å². The van der Waals surface area contributed by atoms with Gasteiger partial charge in [0.25, 0.3) is 0 Å². The molecule has 0 N–H and O–H groups in total. The summed E-state index contributed by atoms with van der Waals surface area (Å²) in [5, 5.41) is 1.30. The minimum atomic E-state index is 1.23. The van der Waals surface area contributed by atoms with Gasteiger partial charge in [0.2, 0.25) is 0 Å². The van der Waals surface area contributed by atoms with Crippen LogP contribution in [-0.4, -0.2) is 4.34 Å². The van der Waals surface area contributed by atoms with Crippen LogP contribution in [0.1, 0.15) is 25.1 Å².